The second kappa shape index (κ2) is 4.84. The van der Waals surface area contributed by atoms with Crippen molar-refractivity contribution in [1.29, 1.82) is 0 Å². The van der Waals surface area contributed by atoms with Crippen LogP contribution in [0.3, 0.4) is 0 Å². The Hall–Kier alpha value is -1.00. The summed E-state index contributed by atoms with van der Waals surface area (Å²) in [6, 6.07) is -0.385. The summed E-state index contributed by atoms with van der Waals surface area (Å²) < 4.78 is 36.3. The van der Waals surface area contributed by atoms with Crippen molar-refractivity contribution in [3.63, 3.8) is 0 Å². The van der Waals surface area contributed by atoms with Crippen LogP contribution in [0.2, 0.25) is 0 Å². The topological polar surface area (TPSA) is 84.3 Å². The Morgan fingerprint density at radius 3 is 2.53 bits per heavy atom. The maximum atomic E-state index is 12.6. The minimum Gasteiger partial charge on any atom is -0.346 e. The molecule has 1 saturated heterocycles. The zero-order chi connectivity index (χ0) is 14.4. The van der Waals surface area contributed by atoms with Crippen LogP contribution in [0.4, 0.5) is 3.89 Å². The molecule has 1 N–H and O–H groups in total. The first kappa shape index (κ1) is 14.4. The summed E-state index contributed by atoms with van der Waals surface area (Å²) in [5, 5.41) is 6.68. The van der Waals surface area contributed by atoms with E-state index in [0.717, 1.165) is 0 Å². The van der Waals surface area contributed by atoms with Gasteiger partial charge in [0, 0.05) is 25.8 Å². The van der Waals surface area contributed by atoms with Gasteiger partial charge in [-0.1, -0.05) is 3.89 Å². The number of aryl methyl sites for hydroxylation is 1. The van der Waals surface area contributed by atoms with Gasteiger partial charge >= 0.3 is 10.4 Å². The van der Waals surface area contributed by atoms with E-state index in [4.69, 9.17) is 0 Å². The molecule has 1 aromatic heterocycles. The third-order valence-corrected chi connectivity index (χ3v) is 4.48. The zero-order valence-electron chi connectivity index (χ0n) is 10.2. The van der Waals surface area contributed by atoms with Crippen molar-refractivity contribution in [1.82, 2.24) is 19.4 Å². The molecular formula is C9H12BrFN4O3S. The second-order valence-electron chi connectivity index (χ2n) is 4.30. The molecule has 1 amide bonds. The Morgan fingerprint density at radius 1 is 1.53 bits per heavy atom. The van der Waals surface area contributed by atoms with Crippen LogP contribution < -0.4 is 5.32 Å². The number of hydrogen-bond donors (Lipinski definition) is 1. The fourth-order valence-electron chi connectivity index (χ4n) is 1.79. The summed E-state index contributed by atoms with van der Waals surface area (Å²) in [7, 11) is -2.95. The number of hydrogen-bond acceptors (Lipinski definition) is 4. The highest BCUT2D eigenvalue weighted by Gasteiger charge is 2.37. The summed E-state index contributed by atoms with van der Waals surface area (Å²) in [6.07, 6.45) is 0. The first-order valence-corrected chi connectivity index (χ1v) is 7.53. The van der Waals surface area contributed by atoms with Gasteiger partial charge in [0.15, 0.2) is 0 Å². The van der Waals surface area contributed by atoms with Crippen molar-refractivity contribution in [2.45, 2.75) is 13.0 Å². The van der Waals surface area contributed by atoms with Crippen LogP contribution in [0.15, 0.2) is 4.60 Å². The van der Waals surface area contributed by atoms with Crippen molar-refractivity contribution in [2.24, 2.45) is 7.05 Å². The van der Waals surface area contributed by atoms with Crippen LogP contribution in [0.25, 0.3) is 0 Å². The van der Waals surface area contributed by atoms with E-state index >= 15 is 0 Å². The fraction of sp³-hybridized carbons (Fsp3) is 0.556. The molecule has 2 rings (SSSR count). The highest BCUT2D eigenvalue weighted by Crippen LogP contribution is 2.20. The Balaban J connectivity index is 2.01. The van der Waals surface area contributed by atoms with E-state index in [9.17, 15) is 17.1 Å². The number of nitrogens with one attached hydrogen (secondary N) is 1. The molecule has 1 fully saturated rings. The summed E-state index contributed by atoms with van der Waals surface area (Å²) in [5.74, 6) is -0.363. The molecule has 0 saturated carbocycles. The van der Waals surface area contributed by atoms with E-state index in [0.29, 0.717) is 20.2 Å². The average Bonchev–Trinajstić information content (AvgIpc) is 2.44. The normalized spacial score (nSPS) is 17.3. The lowest BCUT2D eigenvalue weighted by molar-refractivity contribution is 0.0891. The van der Waals surface area contributed by atoms with Crippen LogP contribution in [0, 0.1) is 6.92 Å². The van der Waals surface area contributed by atoms with Crippen LogP contribution >= 0.6 is 15.9 Å². The molecule has 0 aliphatic carbocycles. The summed E-state index contributed by atoms with van der Waals surface area (Å²) in [5.41, 5.74) is 1.07. The minimum absolute atomic E-state index is 0.0541. The Morgan fingerprint density at radius 2 is 2.11 bits per heavy atom. The third-order valence-electron chi connectivity index (χ3n) is 3.01. The molecule has 0 aromatic carbocycles. The number of carbonyl (C=O) groups excluding carboxylic acids is 1. The molecule has 0 unspecified atom stereocenters. The number of rotatable bonds is 3. The molecule has 10 heteroatoms. The van der Waals surface area contributed by atoms with Gasteiger partial charge in [0.05, 0.1) is 11.6 Å². The number of halogens is 2. The predicted octanol–water partition coefficient (Wildman–Crippen LogP) is 0.119. The van der Waals surface area contributed by atoms with Gasteiger partial charge in [-0.15, -0.1) is 0 Å². The van der Waals surface area contributed by atoms with Crippen LogP contribution in [0.5, 0.6) is 0 Å². The van der Waals surface area contributed by atoms with Crippen LogP contribution in [-0.4, -0.2) is 47.5 Å². The monoisotopic (exact) mass is 354 g/mol. The smallest absolute Gasteiger partial charge is 0.346 e. The maximum absolute atomic E-state index is 12.6. The van der Waals surface area contributed by atoms with Gasteiger partial charge in [-0.2, -0.15) is 17.8 Å². The standard InChI is InChI=1S/C9H12BrFN4O3S/c1-5-7(8(10)13-14(5)2)9(16)12-6-3-15(4-6)19(11,17)18/h6H,3-4H2,1-2H3,(H,12,16). The van der Waals surface area contributed by atoms with Crippen molar-refractivity contribution in [3.8, 4) is 0 Å². The van der Waals surface area contributed by atoms with Crippen molar-refractivity contribution in [3.05, 3.63) is 15.9 Å². The first-order valence-electron chi connectivity index (χ1n) is 5.40. The molecule has 1 aromatic rings. The highest BCUT2D eigenvalue weighted by molar-refractivity contribution is 9.10. The second-order valence-corrected chi connectivity index (χ2v) is 6.40. The van der Waals surface area contributed by atoms with Gasteiger partial charge in [-0.05, 0) is 22.9 Å². The van der Waals surface area contributed by atoms with E-state index in [1.807, 2.05) is 0 Å². The zero-order valence-corrected chi connectivity index (χ0v) is 12.6. The molecule has 0 bridgehead atoms. The quantitative estimate of drug-likeness (QED) is 0.781. The van der Waals surface area contributed by atoms with E-state index in [1.54, 1.807) is 18.7 Å². The Labute approximate surface area is 118 Å². The van der Waals surface area contributed by atoms with Gasteiger partial charge in [-0.25, -0.2) is 0 Å². The average molecular weight is 355 g/mol. The van der Waals surface area contributed by atoms with Crippen molar-refractivity contribution < 1.29 is 17.1 Å². The van der Waals surface area contributed by atoms with E-state index in [-0.39, 0.29) is 25.0 Å². The molecular weight excluding hydrogens is 343 g/mol. The van der Waals surface area contributed by atoms with Gasteiger partial charge in [-0.3, -0.25) is 9.48 Å². The molecule has 2 heterocycles. The Bertz CT molecular complexity index is 624. The van der Waals surface area contributed by atoms with Gasteiger partial charge < -0.3 is 5.32 Å². The molecule has 0 atom stereocenters. The molecule has 0 radical (unpaired) electrons. The van der Waals surface area contributed by atoms with Crippen molar-refractivity contribution >= 4 is 32.2 Å². The molecule has 19 heavy (non-hydrogen) atoms. The molecule has 1 aliphatic rings. The fourth-order valence-corrected chi connectivity index (χ4v) is 3.21. The first-order chi connectivity index (χ1) is 8.70. The highest BCUT2D eigenvalue weighted by atomic mass is 79.9. The van der Waals surface area contributed by atoms with Gasteiger partial charge in [0.25, 0.3) is 5.91 Å². The lowest BCUT2D eigenvalue weighted by atomic mass is 10.1. The molecule has 0 spiro atoms. The van der Waals surface area contributed by atoms with E-state index in [1.165, 1.54) is 0 Å². The van der Waals surface area contributed by atoms with Gasteiger partial charge in [0.2, 0.25) is 0 Å². The van der Waals surface area contributed by atoms with Crippen LogP contribution in [0.1, 0.15) is 16.1 Å². The SMILES string of the molecule is Cc1c(C(=O)NC2CN(S(=O)(=O)F)C2)c(Br)nn1C. The largest absolute Gasteiger partial charge is 0.374 e. The summed E-state index contributed by atoms with van der Waals surface area (Å²) in [6.45, 7) is 1.63. The van der Waals surface area contributed by atoms with E-state index < -0.39 is 10.4 Å². The number of carbonyl (C=O) groups is 1. The van der Waals surface area contributed by atoms with E-state index in [2.05, 4.69) is 26.3 Å². The van der Waals surface area contributed by atoms with Gasteiger partial charge in [0.1, 0.15) is 4.60 Å². The summed E-state index contributed by atoms with van der Waals surface area (Å²) >= 11 is 3.18. The molecule has 7 nitrogen and oxygen atoms in total. The minimum atomic E-state index is -4.66. The Kier molecular flexibility index (Phi) is 3.67. The third kappa shape index (κ3) is 2.79. The maximum Gasteiger partial charge on any atom is 0.374 e. The molecule has 106 valence electrons. The predicted molar refractivity (Wildman–Crippen MR) is 68.5 cm³/mol. The van der Waals surface area contributed by atoms with Crippen LogP contribution in [-0.2, 0) is 17.5 Å². The lowest BCUT2D eigenvalue weighted by Crippen LogP contribution is -2.60. The number of nitrogens with zero attached hydrogens (tertiary/aromatic N) is 3. The number of amides is 1. The lowest BCUT2D eigenvalue weighted by Gasteiger charge is -2.35. The molecule has 1 aliphatic heterocycles. The summed E-state index contributed by atoms with van der Waals surface area (Å²) in [4.78, 5) is 12.0. The van der Waals surface area contributed by atoms with Crippen molar-refractivity contribution in [2.75, 3.05) is 13.1 Å². The number of aromatic nitrogens is 2.